The van der Waals surface area contributed by atoms with Crippen molar-refractivity contribution in [3.63, 3.8) is 0 Å². The lowest BCUT2D eigenvalue weighted by atomic mass is 9.51. The van der Waals surface area contributed by atoms with E-state index in [1.54, 1.807) is 30.3 Å². The zero-order valence-corrected chi connectivity index (χ0v) is 21.7. The Morgan fingerprint density at radius 1 is 0.846 bits per heavy atom. The first-order valence-electron chi connectivity index (χ1n) is 13.4. The molecule has 196 valence electrons. The van der Waals surface area contributed by atoms with Gasteiger partial charge in [-0.15, -0.1) is 0 Å². The SMILES string of the molecule is CN1C(=O)[C@H]2[C@H](CC=C3[C@H]2C[C@H]2C(=O)N(c4ccccc4)C(=O)[C@@]2(C)[C@H]3c2c(O)ccc3ccccc23)C1=O. The number of amides is 4. The highest BCUT2D eigenvalue weighted by atomic mass is 16.3. The van der Waals surface area contributed by atoms with Crippen LogP contribution in [0.15, 0.2) is 78.4 Å². The zero-order valence-electron chi connectivity index (χ0n) is 21.7. The molecule has 0 aromatic heterocycles. The summed E-state index contributed by atoms with van der Waals surface area (Å²) in [6.07, 6.45) is 2.69. The molecule has 1 saturated carbocycles. The smallest absolute Gasteiger partial charge is 0.241 e. The normalized spacial score (nSPS) is 31.8. The second-order valence-corrected chi connectivity index (χ2v) is 11.5. The predicted octanol–water partition coefficient (Wildman–Crippen LogP) is 4.41. The second-order valence-electron chi connectivity index (χ2n) is 11.5. The van der Waals surface area contributed by atoms with Gasteiger partial charge in [0, 0.05) is 18.5 Å². The third-order valence-electron chi connectivity index (χ3n) is 9.75. The maximum absolute atomic E-state index is 14.4. The number of rotatable bonds is 2. The molecule has 0 radical (unpaired) electrons. The van der Waals surface area contributed by atoms with E-state index in [1.807, 2.05) is 49.4 Å². The number of hydrogen-bond acceptors (Lipinski definition) is 5. The van der Waals surface area contributed by atoms with Crippen LogP contribution in [0.2, 0.25) is 0 Å². The van der Waals surface area contributed by atoms with Gasteiger partial charge in [0.05, 0.1) is 28.9 Å². The van der Waals surface area contributed by atoms with Gasteiger partial charge < -0.3 is 5.11 Å². The molecule has 0 spiro atoms. The van der Waals surface area contributed by atoms with Crippen molar-refractivity contribution in [3.05, 3.63) is 83.9 Å². The Morgan fingerprint density at radius 3 is 2.33 bits per heavy atom. The monoisotopic (exact) mass is 520 g/mol. The Labute approximate surface area is 225 Å². The lowest BCUT2D eigenvalue weighted by molar-refractivity contribution is -0.138. The highest BCUT2D eigenvalue weighted by Gasteiger charge is 2.67. The van der Waals surface area contributed by atoms with Crippen LogP contribution in [0.3, 0.4) is 0 Å². The van der Waals surface area contributed by atoms with Crippen molar-refractivity contribution in [1.82, 2.24) is 4.90 Å². The minimum Gasteiger partial charge on any atom is -0.508 e. The molecule has 7 heteroatoms. The fraction of sp³-hybridized carbons (Fsp3) is 0.312. The molecule has 6 atom stereocenters. The van der Waals surface area contributed by atoms with Crippen molar-refractivity contribution in [3.8, 4) is 5.75 Å². The summed E-state index contributed by atoms with van der Waals surface area (Å²) in [6.45, 7) is 1.84. The fourth-order valence-electron chi connectivity index (χ4n) is 7.89. The summed E-state index contributed by atoms with van der Waals surface area (Å²) in [5.74, 6) is -3.81. The molecule has 0 bridgehead atoms. The largest absolute Gasteiger partial charge is 0.508 e. The van der Waals surface area contributed by atoms with Crippen LogP contribution in [0.25, 0.3) is 10.8 Å². The Bertz CT molecular complexity index is 1630. The number of fused-ring (bicyclic) bond motifs is 5. The molecule has 2 saturated heterocycles. The molecule has 3 aromatic rings. The minimum absolute atomic E-state index is 0.0479. The molecule has 2 aliphatic carbocycles. The standard InChI is InChI=1S/C32H28N2O5/c1-32-23(29(37)34(31(32)39)18-9-4-3-5-10-18)16-22-20(13-14-21-25(22)30(38)33(2)28(21)36)27(32)26-19-11-7-6-8-17(19)12-15-24(26)35/h3-13,15,21-23,25,27,35H,14,16H2,1-2H3/t21-,22+,23-,25-,27+,32+/m0/s1. The van der Waals surface area contributed by atoms with Gasteiger partial charge in [0.2, 0.25) is 23.6 Å². The predicted molar refractivity (Wildman–Crippen MR) is 144 cm³/mol. The molecule has 3 aromatic carbocycles. The summed E-state index contributed by atoms with van der Waals surface area (Å²) in [7, 11) is 1.52. The second kappa shape index (κ2) is 8.12. The van der Waals surface area contributed by atoms with Gasteiger partial charge >= 0.3 is 0 Å². The number of imide groups is 2. The van der Waals surface area contributed by atoms with E-state index in [1.165, 1.54) is 16.8 Å². The van der Waals surface area contributed by atoms with Crippen molar-refractivity contribution < 1.29 is 24.3 Å². The van der Waals surface area contributed by atoms with Crippen LogP contribution in [0, 0.1) is 29.1 Å². The number of anilines is 1. The first kappa shape index (κ1) is 23.8. The van der Waals surface area contributed by atoms with Crippen LogP contribution in [0.1, 0.15) is 31.2 Å². The van der Waals surface area contributed by atoms with Crippen molar-refractivity contribution >= 4 is 40.1 Å². The third kappa shape index (κ3) is 2.98. The van der Waals surface area contributed by atoms with E-state index in [9.17, 15) is 24.3 Å². The topological polar surface area (TPSA) is 95.0 Å². The maximum atomic E-state index is 14.4. The molecule has 4 aliphatic rings. The van der Waals surface area contributed by atoms with Crippen LogP contribution >= 0.6 is 0 Å². The molecule has 1 N–H and O–H groups in total. The van der Waals surface area contributed by atoms with Gasteiger partial charge in [0.25, 0.3) is 0 Å². The van der Waals surface area contributed by atoms with Gasteiger partial charge in [0.15, 0.2) is 0 Å². The summed E-state index contributed by atoms with van der Waals surface area (Å²) in [5, 5.41) is 13.1. The molecule has 39 heavy (non-hydrogen) atoms. The van der Waals surface area contributed by atoms with E-state index in [-0.39, 0.29) is 35.3 Å². The number of aromatic hydroxyl groups is 1. The van der Waals surface area contributed by atoms with Crippen molar-refractivity contribution in [2.24, 2.45) is 29.1 Å². The number of carbonyl (C=O) groups excluding carboxylic acids is 4. The van der Waals surface area contributed by atoms with E-state index < -0.39 is 29.1 Å². The van der Waals surface area contributed by atoms with Gasteiger partial charge in [0.1, 0.15) is 5.75 Å². The summed E-state index contributed by atoms with van der Waals surface area (Å²) in [4.78, 5) is 57.4. The van der Waals surface area contributed by atoms with E-state index in [2.05, 4.69) is 0 Å². The van der Waals surface area contributed by atoms with Gasteiger partial charge in [-0.05, 0) is 54.7 Å². The van der Waals surface area contributed by atoms with Crippen molar-refractivity contribution in [2.75, 3.05) is 11.9 Å². The van der Waals surface area contributed by atoms with Gasteiger partial charge in [-0.1, -0.05) is 60.2 Å². The highest BCUT2D eigenvalue weighted by molar-refractivity contribution is 6.24. The van der Waals surface area contributed by atoms with Crippen LogP contribution in [-0.2, 0) is 19.2 Å². The summed E-state index contributed by atoms with van der Waals surface area (Å²) < 4.78 is 0. The van der Waals surface area contributed by atoms with Gasteiger partial charge in [-0.3, -0.25) is 24.1 Å². The average molecular weight is 521 g/mol. The number of hydrogen-bond donors (Lipinski definition) is 1. The first-order valence-corrected chi connectivity index (χ1v) is 13.4. The van der Waals surface area contributed by atoms with Crippen LogP contribution in [0.4, 0.5) is 5.69 Å². The third-order valence-corrected chi connectivity index (χ3v) is 9.75. The van der Waals surface area contributed by atoms with Crippen molar-refractivity contribution in [1.29, 1.82) is 0 Å². The maximum Gasteiger partial charge on any atom is 0.241 e. The molecular formula is C32H28N2O5. The first-order chi connectivity index (χ1) is 18.7. The number of nitrogens with zero attached hydrogens (tertiary/aromatic N) is 2. The quantitative estimate of drug-likeness (QED) is 0.399. The number of allylic oxidation sites excluding steroid dienone is 2. The van der Waals surface area contributed by atoms with Crippen LogP contribution < -0.4 is 4.90 Å². The number of phenolic OH excluding ortho intramolecular Hbond substituents is 1. The Morgan fingerprint density at radius 2 is 1.56 bits per heavy atom. The van der Waals surface area contributed by atoms with Crippen LogP contribution in [0.5, 0.6) is 5.75 Å². The molecule has 2 aliphatic heterocycles. The Balaban J connectivity index is 1.49. The highest BCUT2D eigenvalue weighted by Crippen LogP contribution is 2.65. The summed E-state index contributed by atoms with van der Waals surface area (Å²) >= 11 is 0. The van der Waals surface area contributed by atoms with Gasteiger partial charge in [-0.25, -0.2) is 4.90 Å². The molecule has 4 amide bonds. The number of carbonyl (C=O) groups is 4. The lowest BCUT2D eigenvalue weighted by Crippen LogP contribution is -2.48. The molecular weight excluding hydrogens is 492 g/mol. The molecule has 7 nitrogen and oxygen atoms in total. The Hall–Kier alpha value is -4.26. The number of likely N-dealkylation sites (tertiary alicyclic amines) is 1. The minimum atomic E-state index is -1.19. The number of phenols is 1. The lowest BCUT2D eigenvalue weighted by Gasteiger charge is -2.49. The molecule has 0 unspecified atom stereocenters. The van der Waals surface area contributed by atoms with Crippen molar-refractivity contribution in [2.45, 2.75) is 25.7 Å². The zero-order chi connectivity index (χ0) is 27.2. The average Bonchev–Trinajstić information content (AvgIpc) is 3.29. The van der Waals surface area contributed by atoms with E-state index in [0.717, 1.165) is 16.3 Å². The fourth-order valence-corrected chi connectivity index (χ4v) is 7.89. The molecule has 2 heterocycles. The number of para-hydroxylation sites is 1. The van der Waals surface area contributed by atoms with E-state index >= 15 is 0 Å². The Kier molecular flexibility index (Phi) is 4.96. The summed E-state index contributed by atoms with van der Waals surface area (Å²) in [6, 6.07) is 20.1. The molecule has 7 rings (SSSR count). The van der Waals surface area contributed by atoms with Crippen LogP contribution in [-0.4, -0.2) is 40.7 Å². The number of benzene rings is 3. The molecule has 3 fully saturated rings. The van der Waals surface area contributed by atoms with Gasteiger partial charge in [-0.2, -0.15) is 0 Å². The summed E-state index contributed by atoms with van der Waals surface area (Å²) in [5.41, 5.74) is 0.775. The van der Waals surface area contributed by atoms with E-state index in [4.69, 9.17) is 0 Å². The van der Waals surface area contributed by atoms with E-state index in [0.29, 0.717) is 24.1 Å².